The zero-order valence-electron chi connectivity index (χ0n) is 10.8. The van der Waals surface area contributed by atoms with Crippen molar-refractivity contribution in [3.05, 3.63) is 35.1 Å². The zero-order valence-corrected chi connectivity index (χ0v) is 10.8. The van der Waals surface area contributed by atoms with Crippen molar-refractivity contribution in [1.82, 2.24) is 4.90 Å². The average Bonchev–Trinajstić information content (AvgIpc) is 2.33. The van der Waals surface area contributed by atoms with Crippen molar-refractivity contribution in [2.75, 3.05) is 13.1 Å². The molecule has 0 saturated heterocycles. The maximum atomic E-state index is 13.6. The Kier molecular flexibility index (Phi) is 5.13. The van der Waals surface area contributed by atoms with Crippen molar-refractivity contribution in [3.63, 3.8) is 0 Å². The van der Waals surface area contributed by atoms with Crippen LogP contribution in [-0.2, 0) is 0 Å². The van der Waals surface area contributed by atoms with E-state index in [1.165, 1.54) is 6.07 Å². The standard InChI is InChI=1S/C14H20FNO/c1-4-6-9-16(5-2)14(17)12-10-11(3)7-8-13(12)15/h7-8,10H,4-6,9H2,1-3H3. The smallest absolute Gasteiger partial charge is 0.256 e. The lowest BCUT2D eigenvalue weighted by Crippen LogP contribution is -2.32. The molecule has 0 N–H and O–H groups in total. The summed E-state index contributed by atoms with van der Waals surface area (Å²) in [5, 5.41) is 0. The molecular weight excluding hydrogens is 217 g/mol. The van der Waals surface area contributed by atoms with Gasteiger partial charge in [-0.15, -0.1) is 0 Å². The minimum Gasteiger partial charge on any atom is -0.339 e. The summed E-state index contributed by atoms with van der Waals surface area (Å²) < 4.78 is 13.6. The number of rotatable bonds is 5. The summed E-state index contributed by atoms with van der Waals surface area (Å²) in [5.41, 5.74) is 1.09. The molecule has 17 heavy (non-hydrogen) atoms. The van der Waals surface area contributed by atoms with Gasteiger partial charge in [0.2, 0.25) is 0 Å². The first-order valence-electron chi connectivity index (χ1n) is 6.15. The van der Waals surface area contributed by atoms with Gasteiger partial charge in [-0.25, -0.2) is 4.39 Å². The summed E-state index contributed by atoms with van der Waals surface area (Å²) in [7, 11) is 0. The van der Waals surface area contributed by atoms with Crippen molar-refractivity contribution in [1.29, 1.82) is 0 Å². The molecule has 0 radical (unpaired) electrons. The second-order valence-electron chi connectivity index (χ2n) is 4.22. The van der Waals surface area contributed by atoms with Crippen LogP contribution in [0.25, 0.3) is 0 Å². The number of hydrogen-bond acceptors (Lipinski definition) is 1. The third-order valence-electron chi connectivity index (χ3n) is 2.80. The van der Waals surface area contributed by atoms with Crippen LogP contribution < -0.4 is 0 Å². The maximum Gasteiger partial charge on any atom is 0.256 e. The molecule has 0 aliphatic rings. The van der Waals surface area contributed by atoms with Gasteiger partial charge in [-0.2, -0.15) is 0 Å². The van der Waals surface area contributed by atoms with Gasteiger partial charge >= 0.3 is 0 Å². The normalized spacial score (nSPS) is 10.4. The second kappa shape index (κ2) is 6.38. The van der Waals surface area contributed by atoms with E-state index in [9.17, 15) is 9.18 Å². The number of aryl methyl sites for hydroxylation is 1. The first-order chi connectivity index (χ1) is 8.10. The van der Waals surface area contributed by atoms with Crippen molar-refractivity contribution >= 4 is 5.91 Å². The van der Waals surface area contributed by atoms with Crippen LogP contribution in [0.3, 0.4) is 0 Å². The molecule has 0 fully saturated rings. The Morgan fingerprint density at radius 2 is 2.06 bits per heavy atom. The predicted octanol–water partition coefficient (Wildman–Crippen LogP) is 3.40. The summed E-state index contributed by atoms with van der Waals surface area (Å²) in [6, 6.07) is 4.65. The number of amides is 1. The predicted molar refractivity (Wildman–Crippen MR) is 67.6 cm³/mol. The monoisotopic (exact) mass is 237 g/mol. The molecule has 0 aromatic heterocycles. The summed E-state index contributed by atoms with van der Waals surface area (Å²) >= 11 is 0. The van der Waals surface area contributed by atoms with E-state index in [2.05, 4.69) is 6.92 Å². The summed E-state index contributed by atoms with van der Waals surface area (Å²) in [6.07, 6.45) is 1.98. The van der Waals surface area contributed by atoms with Crippen LogP contribution in [0.1, 0.15) is 42.6 Å². The number of nitrogens with zero attached hydrogens (tertiary/aromatic N) is 1. The van der Waals surface area contributed by atoms with Crippen LogP contribution in [0.2, 0.25) is 0 Å². The van der Waals surface area contributed by atoms with Gasteiger partial charge in [0.25, 0.3) is 5.91 Å². The minimum atomic E-state index is -0.435. The second-order valence-corrected chi connectivity index (χ2v) is 4.22. The van der Waals surface area contributed by atoms with Gasteiger partial charge in [0, 0.05) is 13.1 Å². The summed E-state index contributed by atoms with van der Waals surface area (Å²) in [4.78, 5) is 13.8. The number of unbranched alkanes of at least 4 members (excludes halogenated alkanes) is 1. The quantitative estimate of drug-likeness (QED) is 0.768. The van der Waals surface area contributed by atoms with Crippen molar-refractivity contribution in [2.45, 2.75) is 33.6 Å². The van der Waals surface area contributed by atoms with Gasteiger partial charge in [0.15, 0.2) is 0 Å². The molecule has 0 spiro atoms. The lowest BCUT2D eigenvalue weighted by Gasteiger charge is -2.21. The molecule has 1 amide bonds. The third-order valence-corrected chi connectivity index (χ3v) is 2.80. The van der Waals surface area contributed by atoms with Gasteiger partial charge in [-0.3, -0.25) is 4.79 Å². The van der Waals surface area contributed by atoms with Gasteiger partial charge in [-0.1, -0.05) is 25.0 Å². The SMILES string of the molecule is CCCCN(CC)C(=O)c1cc(C)ccc1F. The van der Waals surface area contributed by atoms with Crippen LogP contribution in [0, 0.1) is 12.7 Å². The molecule has 0 bridgehead atoms. The number of carbonyl (C=O) groups is 1. The van der Waals surface area contributed by atoms with E-state index in [4.69, 9.17) is 0 Å². The largest absolute Gasteiger partial charge is 0.339 e. The lowest BCUT2D eigenvalue weighted by atomic mass is 10.1. The Morgan fingerprint density at radius 3 is 2.65 bits per heavy atom. The number of carbonyl (C=O) groups excluding carboxylic acids is 1. The molecule has 3 heteroatoms. The fourth-order valence-corrected chi connectivity index (χ4v) is 1.73. The minimum absolute atomic E-state index is 0.183. The van der Waals surface area contributed by atoms with Crippen molar-refractivity contribution in [2.24, 2.45) is 0 Å². The van der Waals surface area contributed by atoms with Crippen LogP contribution in [0.5, 0.6) is 0 Å². The molecule has 1 rings (SSSR count). The fraction of sp³-hybridized carbons (Fsp3) is 0.500. The molecule has 0 aliphatic carbocycles. The van der Waals surface area contributed by atoms with Gasteiger partial charge in [0.1, 0.15) is 5.82 Å². The van der Waals surface area contributed by atoms with Gasteiger partial charge < -0.3 is 4.90 Å². The molecule has 0 aliphatic heterocycles. The van der Waals surface area contributed by atoms with Gasteiger partial charge in [-0.05, 0) is 32.4 Å². The van der Waals surface area contributed by atoms with Crippen molar-refractivity contribution < 1.29 is 9.18 Å². The molecule has 1 aromatic carbocycles. The highest BCUT2D eigenvalue weighted by Gasteiger charge is 2.17. The summed E-state index contributed by atoms with van der Waals surface area (Å²) in [5.74, 6) is -0.641. The van der Waals surface area contributed by atoms with Gasteiger partial charge in [0.05, 0.1) is 5.56 Å². The van der Waals surface area contributed by atoms with Crippen LogP contribution in [-0.4, -0.2) is 23.9 Å². The Balaban J connectivity index is 2.89. The van der Waals surface area contributed by atoms with E-state index in [0.717, 1.165) is 18.4 Å². The van der Waals surface area contributed by atoms with E-state index in [1.54, 1.807) is 17.0 Å². The Labute approximate surface area is 102 Å². The highest BCUT2D eigenvalue weighted by molar-refractivity contribution is 5.94. The Bertz CT molecular complexity index is 390. The Hall–Kier alpha value is -1.38. The molecule has 0 unspecified atom stereocenters. The van der Waals surface area contributed by atoms with E-state index < -0.39 is 5.82 Å². The van der Waals surface area contributed by atoms with Crippen LogP contribution in [0.15, 0.2) is 18.2 Å². The van der Waals surface area contributed by atoms with E-state index in [0.29, 0.717) is 13.1 Å². The third kappa shape index (κ3) is 3.55. The fourth-order valence-electron chi connectivity index (χ4n) is 1.73. The average molecular weight is 237 g/mol. The lowest BCUT2D eigenvalue weighted by molar-refractivity contribution is 0.0757. The molecule has 2 nitrogen and oxygen atoms in total. The molecule has 0 heterocycles. The number of hydrogen-bond donors (Lipinski definition) is 0. The molecule has 94 valence electrons. The summed E-state index contributed by atoms with van der Waals surface area (Å²) in [6.45, 7) is 7.16. The van der Waals surface area contributed by atoms with E-state index in [1.807, 2.05) is 13.8 Å². The first-order valence-corrected chi connectivity index (χ1v) is 6.15. The highest BCUT2D eigenvalue weighted by Crippen LogP contribution is 2.13. The van der Waals surface area contributed by atoms with Crippen LogP contribution in [0.4, 0.5) is 4.39 Å². The Morgan fingerprint density at radius 1 is 1.35 bits per heavy atom. The zero-order chi connectivity index (χ0) is 12.8. The molecule has 0 atom stereocenters. The molecular formula is C14H20FNO. The van der Waals surface area contributed by atoms with E-state index in [-0.39, 0.29) is 11.5 Å². The molecule has 1 aromatic rings. The van der Waals surface area contributed by atoms with Crippen molar-refractivity contribution in [3.8, 4) is 0 Å². The molecule has 0 saturated carbocycles. The number of benzene rings is 1. The van der Waals surface area contributed by atoms with Crippen LogP contribution >= 0.6 is 0 Å². The highest BCUT2D eigenvalue weighted by atomic mass is 19.1. The first kappa shape index (κ1) is 13.7. The topological polar surface area (TPSA) is 20.3 Å². The van der Waals surface area contributed by atoms with E-state index >= 15 is 0 Å². The number of halogens is 1. The maximum absolute atomic E-state index is 13.6.